The highest BCUT2D eigenvalue weighted by Crippen LogP contribution is 2.41. The van der Waals surface area contributed by atoms with Gasteiger partial charge in [0.05, 0.1) is 0 Å². The first-order valence-corrected chi connectivity index (χ1v) is 12.6. The molecule has 1 aromatic rings. The van der Waals surface area contributed by atoms with Crippen molar-refractivity contribution in [2.75, 3.05) is 0 Å². The van der Waals surface area contributed by atoms with Gasteiger partial charge in [-0.2, -0.15) is 0 Å². The molecule has 30 heavy (non-hydrogen) atoms. The van der Waals surface area contributed by atoms with Crippen LogP contribution in [0.5, 0.6) is 0 Å². The third-order valence-electron chi connectivity index (χ3n) is 8.35. The van der Waals surface area contributed by atoms with Crippen LogP contribution < -0.4 is 0 Å². The normalized spacial score (nSPS) is 33.9. The van der Waals surface area contributed by atoms with E-state index in [1.807, 2.05) is 0 Å². The van der Waals surface area contributed by atoms with Gasteiger partial charge in [0.1, 0.15) is 0 Å². The maximum atomic E-state index is 2.43. The third kappa shape index (κ3) is 8.39. The smallest absolute Gasteiger partial charge is 0.0162 e. The molecule has 0 amide bonds. The summed E-state index contributed by atoms with van der Waals surface area (Å²) < 4.78 is 0. The second kappa shape index (κ2) is 13.6. The molecule has 3 aliphatic carbocycles. The van der Waals surface area contributed by atoms with Crippen LogP contribution in [0.3, 0.4) is 0 Å². The van der Waals surface area contributed by atoms with Crippen molar-refractivity contribution in [3.63, 3.8) is 0 Å². The molecule has 0 bridgehead atoms. The highest BCUT2D eigenvalue weighted by atomic mass is 14.3. The Morgan fingerprint density at radius 2 is 0.833 bits per heavy atom. The van der Waals surface area contributed by atoms with E-state index in [9.17, 15) is 0 Å². The van der Waals surface area contributed by atoms with Crippen LogP contribution in [0.25, 0.3) is 0 Å². The molecule has 3 aliphatic rings. The van der Waals surface area contributed by atoms with Crippen molar-refractivity contribution >= 4 is 0 Å². The van der Waals surface area contributed by atoms with Crippen molar-refractivity contribution in [1.82, 2.24) is 0 Å². The number of hydrogen-bond donors (Lipinski definition) is 0. The zero-order chi connectivity index (χ0) is 19.9. The number of benzene rings is 1. The van der Waals surface area contributed by atoms with Crippen molar-refractivity contribution in [1.29, 1.82) is 0 Å². The van der Waals surface area contributed by atoms with E-state index >= 15 is 0 Å². The number of rotatable bonds is 2. The van der Waals surface area contributed by atoms with E-state index in [4.69, 9.17) is 0 Å². The molecule has 0 saturated heterocycles. The third-order valence-corrected chi connectivity index (χ3v) is 8.35. The highest BCUT2D eigenvalue weighted by molar-refractivity contribution is 5.24. The van der Waals surface area contributed by atoms with Crippen LogP contribution in [0.15, 0.2) is 24.3 Å². The predicted octanol–water partition coefficient (Wildman–Crippen LogP) is 10.2. The van der Waals surface area contributed by atoms with Gasteiger partial charge in [-0.15, -0.1) is 0 Å². The molecule has 0 heterocycles. The zero-order valence-electron chi connectivity index (χ0n) is 19.3. The molecule has 0 nitrogen and oxygen atoms in total. The molecule has 0 heteroatoms. The summed E-state index contributed by atoms with van der Waals surface area (Å²) in [4.78, 5) is 0. The summed E-state index contributed by atoms with van der Waals surface area (Å²) in [7, 11) is 0. The van der Waals surface area contributed by atoms with Gasteiger partial charge in [0, 0.05) is 0 Å². The van der Waals surface area contributed by atoms with E-state index in [2.05, 4.69) is 52.0 Å². The fraction of sp³-hybridized carbons (Fsp3) is 0.800. The predicted molar refractivity (Wildman–Crippen MR) is 137 cm³/mol. The number of hydrogen-bond acceptors (Lipinski definition) is 0. The monoisotopic (exact) mass is 414 g/mol. The van der Waals surface area contributed by atoms with Crippen LogP contribution in [-0.2, 0) is 0 Å². The molecule has 4 rings (SSSR count). The van der Waals surface area contributed by atoms with Crippen LogP contribution in [0, 0.1) is 36.5 Å². The molecule has 0 N–H and O–H groups in total. The average Bonchev–Trinajstić information content (AvgIpc) is 2.71. The summed E-state index contributed by atoms with van der Waals surface area (Å²) in [5.41, 5.74) is 2.93. The fourth-order valence-electron chi connectivity index (χ4n) is 5.95. The molecule has 0 aromatic heterocycles. The van der Waals surface area contributed by atoms with Crippen LogP contribution >= 0.6 is 0 Å². The molecule has 1 aromatic carbocycles. The minimum absolute atomic E-state index is 0. The standard InChI is InChI=1S/C14H26.C14H20.2CH4/c2*1-11-3-7-13(8-4-11)14-9-5-12(2)6-10-14;;/h11-14H,3-10H2,1-2H3;3-4,7-8,12,14H,5-6,9-10H2,1-2H3;2*1H4. The maximum Gasteiger partial charge on any atom is -0.0162 e. The lowest BCUT2D eigenvalue weighted by Gasteiger charge is -2.36. The van der Waals surface area contributed by atoms with Gasteiger partial charge in [0.25, 0.3) is 0 Å². The molecule has 0 unspecified atom stereocenters. The van der Waals surface area contributed by atoms with E-state index in [1.165, 1.54) is 56.9 Å². The molecular weight excluding hydrogens is 360 g/mol. The Labute approximate surface area is 190 Å². The second-order valence-corrected chi connectivity index (χ2v) is 10.9. The molecule has 174 valence electrons. The minimum Gasteiger partial charge on any atom is -0.0776 e. The van der Waals surface area contributed by atoms with Gasteiger partial charge in [0.15, 0.2) is 0 Å². The quantitative estimate of drug-likeness (QED) is 0.451. The first-order chi connectivity index (χ1) is 13.5. The molecule has 3 saturated carbocycles. The lowest BCUT2D eigenvalue weighted by Crippen LogP contribution is -2.24. The average molecular weight is 415 g/mol. The van der Waals surface area contributed by atoms with E-state index in [0.717, 1.165) is 35.5 Å². The second-order valence-electron chi connectivity index (χ2n) is 10.9. The van der Waals surface area contributed by atoms with Crippen molar-refractivity contribution in [2.24, 2.45) is 29.6 Å². The van der Waals surface area contributed by atoms with Crippen LogP contribution in [0.1, 0.15) is 130 Å². The minimum atomic E-state index is 0. The van der Waals surface area contributed by atoms with Crippen molar-refractivity contribution in [2.45, 2.75) is 126 Å². The van der Waals surface area contributed by atoms with Gasteiger partial charge in [-0.3, -0.25) is 0 Å². The summed E-state index contributed by atoms with van der Waals surface area (Å²) in [6, 6.07) is 9.12. The zero-order valence-corrected chi connectivity index (χ0v) is 19.3. The van der Waals surface area contributed by atoms with Gasteiger partial charge in [0.2, 0.25) is 0 Å². The van der Waals surface area contributed by atoms with Gasteiger partial charge < -0.3 is 0 Å². The summed E-state index contributed by atoms with van der Waals surface area (Å²) in [5.74, 6) is 6.06. The van der Waals surface area contributed by atoms with E-state index < -0.39 is 0 Å². The Bertz CT molecular complexity index is 512. The van der Waals surface area contributed by atoms with E-state index in [0.29, 0.717) is 0 Å². The van der Waals surface area contributed by atoms with Crippen LogP contribution in [0.4, 0.5) is 0 Å². The molecule has 0 atom stereocenters. The molecule has 3 fully saturated rings. The van der Waals surface area contributed by atoms with E-state index in [1.54, 1.807) is 31.2 Å². The lowest BCUT2D eigenvalue weighted by molar-refractivity contribution is 0.155. The summed E-state index contributed by atoms with van der Waals surface area (Å²) in [5, 5.41) is 0. The van der Waals surface area contributed by atoms with Crippen molar-refractivity contribution < 1.29 is 0 Å². The summed E-state index contributed by atoms with van der Waals surface area (Å²) in [6.45, 7) is 9.40. The summed E-state index contributed by atoms with van der Waals surface area (Å²) in [6.07, 6.45) is 17.8. The fourth-order valence-corrected chi connectivity index (χ4v) is 5.95. The Kier molecular flexibility index (Phi) is 12.3. The SMILES string of the molecule is C.C.CC1CCC(C2CCC(C)CC2)CC1.Cc1ccc(C2CCC(C)CC2)cc1. The van der Waals surface area contributed by atoms with E-state index in [-0.39, 0.29) is 14.9 Å². The topological polar surface area (TPSA) is 0 Å². The maximum absolute atomic E-state index is 2.43. The summed E-state index contributed by atoms with van der Waals surface area (Å²) >= 11 is 0. The van der Waals surface area contributed by atoms with Gasteiger partial charge in [-0.25, -0.2) is 0 Å². The van der Waals surface area contributed by atoms with Gasteiger partial charge in [-0.05, 0) is 86.5 Å². The van der Waals surface area contributed by atoms with Crippen LogP contribution in [-0.4, -0.2) is 0 Å². The Morgan fingerprint density at radius 3 is 1.20 bits per heavy atom. The molecule has 0 aliphatic heterocycles. The molecule has 0 spiro atoms. The Hall–Kier alpha value is -0.780. The van der Waals surface area contributed by atoms with Crippen molar-refractivity contribution in [3.05, 3.63) is 35.4 Å². The number of aryl methyl sites for hydroxylation is 1. The lowest BCUT2D eigenvalue weighted by atomic mass is 9.70. The highest BCUT2D eigenvalue weighted by Gasteiger charge is 2.28. The Balaban J connectivity index is 0.000000281. The van der Waals surface area contributed by atoms with Crippen LogP contribution in [0.2, 0.25) is 0 Å². The molecular formula is C30H54. The largest absolute Gasteiger partial charge is 0.0776 e. The van der Waals surface area contributed by atoms with Gasteiger partial charge >= 0.3 is 0 Å². The Morgan fingerprint density at radius 1 is 0.500 bits per heavy atom. The van der Waals surface area contributed by atoms with Gasteiger partial charge in [-0.1, -0.05) is 104 Å². The molecule has 0 radical (unpaired) electrons. The van der Waals surface area contributed by atoms with Crippen molar-refractivity contribution in [3.8, 4) is 0 Å². The first-order valence-electron chi connectivity index (χ1n) is 12.6. The first kappa shape index (κ1) is 27.3.